The van der Waals surface area contributed by atoms with E-state index in [1.165, 1.54) is 11.3 Å². The largest absolute Gasteiger partial charge is 0.481 e. The van der Waals surface area contributed by atoms with Crippen LogP contribution in [0.5, 0.6) is 0 Å². The summed E-state index contributed by atoms with van der Waals surface area (Å²) in [4.78, 5) is 37.9. The lowest BCUT2D eigenvalue weighted by Crippen LogP contribution is -2.38. The van der Waals surface area contributed by atoms with Crippen molar-refractivity contribution in [3.63, 3.8) is 0 Å². The maximum Gasteiger partial charge on any atom is 0.341 e. The quantitative estimate of drug-likeness (QED) is 0.489. The van der Waals surface area contributed by atoms with Gasteiger partial charge in [0.05, 0.1) is 18.4 Å². The molecule has 2 aromatic rings. The highest BCUT2D eigenvalue weighted by Crippen LogP contribution is 2.53. The molecule has 8 heteroatoms. The Balaban J connectivity index is 1.64. The molecule has 1 aromatic heterocycles. The van der Waals surface area contributed by atoms with E-state index in [1.54, 1.807) is 0 Å². The number of hydrogen-bond acceptors (Lipinski definition) is 5. The summed E-state index contributed by atoms with van der Waals surface area (Å²) in [5, 5.41) is 14.8. The van der Waals surface area contributed by atoms with Crippen LogP contribution in [-0.4, -0.2) is 29.6 Å². The van der Waals surface area contributed by atoms with Gasteiger partial charge in [-0.15, -0.1) is 11.3 Å². The lowest BCUT2D eigenvalue weighted by Gasteiger charge is -2.27. The standard InChI is InChI=1S/C23H24BrNO5S/c1-2-9-30-23(29)19-16(12-5-7-15(24)8-6-12)11-31-21(19)25-20(26)17-13-3-4-14(10-13)18(17)22(27)28/h5-8,11,13-14,17-18H,2-4,9-10H2,1H3,(H,25,26)(H,27,28). The SMILES string of the molecule is CCCOC(=O)c1c(-c2ccc(Br)cc2)csc1NC(=O)C1C2CCC(C2)C1C(=O)O. The first kappa shape index (κ1) is 22.0. The molecule has 1 amide bonds. The Hall–Kier alpha value is -2.19. The number of anilines is 1. The average molecular weight is 506 g/mol. The highest BCUT2D eigenvalue weighted by Gasteiger charge is 2.54. The number of benzene rings is 1. The minimum Gasteiger partial charge on any atom is -0.481 e. The lowest BCUT2D eigenvalue weighted by molar-refractivity contribution is -0.148. The maximum atomic E-state index is 13.2. The van der Waals surface area contributed by atoms with Crippen molar-refractivity contribution in [2.24, 2.45) is 23.7 Å². The minimum absolute atomic E-state index is 0.0638. The fourth-order valence-corrected chi connectivity index (χ4v) is 6.21. The number of fused-ring (bicyclic) bond motifs is 2. The molecule has 2 saturated carbocycles. The van der Waals surface area contributed by atoms with Crippen molar-refractivity contribution in [3.05, 3.63) is 39.7 Å². The van der Waals surface area contributed by atoms with Gasteiger partial charge in [-0.25, -0.2) is 4.79 Å². The number of halogens is 1. The zero-order valence-electron chi connectivity index (χ0n) is 17.1. The molecule has 2 bridgehead atoms. The van der Waals surface area contributed by atoms with Gasteiger partial charge < -0.3 is 15.2 Å². The van der Waals surface area contributed by atoms with Gasteiger partial charge in [-0.3, -0.25) is 9.59 Å². The number of nitrogens with one attached hydrogen (secondary N) is 1. The number of carboxylic acids is 1. The minimum atomic E-state index is -0.906. The average Bonchev–Trinajstić information content (AvgIpc) is 3.47. The summed E-state index contributed by atoms with van der Waals surface area (Å²) in [7, 11) is 0. The van der Waals surface area contributed by atoms with Crippen LogP contribution in [0.25, 0.3) is 11.1 Å². The first-order valence-electron chi connectivity index (χ1n) is 10.5. The van der Waals surface area contributed by atoms with E-state index in [4.69, 9.17) is 4.74 Å². The van der Waals surface area contributed by atoms with Crippen LogP contribution in [0.15, 0.2) is 34.1 Å². The van der Waals surface area contributed by atoms with Crippen LogP contribution in [0.1, 0.15) is 43.0 Å². The fraction of sp³-hybridized carbons (Fsp3) is 0.435. The van der Waals surface area contributed by atoms with Crippen LogP contribution < -0.4 is 5.32 Å². The van der Waals surface area contributed by atoms with Crippen molar-refractivity contribution in [3.8, 4) is 11.1 Å². The molecule has 4 rings (SSSR count). The van der Waals surface area contributed by atoms with Gasteiger partial charge in [0, 0.05) is 15.4 Å². The van der Waals surface area contributed by atoms with Crippen LogP contribution in [0.3, 0.4) is 0 Å². The molecule has 2 aliphatic rings. The van der Waals surface area contributed by atoms with Gasteiger partial charge in [-0.05, 0) is 55.2 Å². The predicted octanol–water partition coefficient (Wildman–Crippen LogP) is 5.43. The molecule has 0 spiro atoms. The number of thiophene rings is 1. The summed E-state index contributed by atoms with van der Waals surface area (Å²) in [6.45, 7) is 2.20. The summed E-state index contributed by atoms with van der Waals surface area (Å²) in [5.74, 6) is -2.76. The van der Waals surface area contributed by atoms with Crippen LogP contribution in [0.4, 0.5) is 5.00 Å². The molecule has 4 unspecified atom stereocenters. The van der Waals surface area contributed by atoms with Gasteiger partial charge in [0.25, 0.3) is 0 Å². The molecule has 1 heterocycles. The van der Waals surface area contributed by atoms with Gasteiger partial charge in [-0.2, -0.15) is 0 Å². The van der Waals surface area contributed by atoms with Gasteiger partial charge >= 0.3 is 11.9 Å². The van der Waals surface area contributed by atoms with E-state index in [9.17, 15) is 19.5 Å². The normalized spacial score (nSPS) is 24.2. The smallest absolute Gasteiger partial charge is 0.341 e. The van der Waals surface area contributed by atoms with Gasteiger partial charge in [-0.1, -0.05) is 35.0 Å². The van der Waals surface area contributed by atoms with Crippen molar-refractivity contribution in [2.45, 2.75) is 32.6 Å². The van der Waals surface area contributed by atoms with Crippen LogP contribution in [0.2, 0.25) is 0 Å². The van der Waals surface area contributed by atoms with E-state index in [-0.39, 0.29) is 24.3 Å². The Bertz CT molecular complexity index is 1000. The van der Waals surface area contributed by atoms with Gasteiger partial charge in [0.15, 0.2) is 0 Å². The second-order valence-corrected chi connectivity index (χ2v) is 10.0. The number of hydrogen-bond donors (Lipinski definition) is 2. The van der Waals surface area contributed by atoms with E-state index < -0.39 is 23.8 Å². The zero-order chi connectivity index (χ0) is 22.1. The molecular weight excluding hydrogens is 482 g/mol. The van der Waals surface area contributed by atoms with Crippen molar-refractivity contribution in [2.75, 3.05) is 11.9 Å². The number of carboxylic acid groups (broad SMARTS) is 1. The van der Waals surface area contributed by atoms with E-state index >= 15 is 0 Å². The van der Waals surface area contributed by atoms with Gasteiger partial charge in [0.1, 0.15) is 10.6 Å². The molecule has 0 aliphatic heterocycles. The molecule has 2 aliphatic carbocycles. The van der Waals surface area contributed by atoms with Crippen molar-refractivity contribution >= 4 is 50.1 Å². The molecule has 1 aromatic carbocycles. The van der Waals surface area contributed by atoms with Crippen molar-refractivity contribution in [1.29, 1.82) is 0 Å². The Morgan fingerprint density at radius 3 is 2.48 bits per heavy atom. The second kappa shape index (κ2) is 9.12. The molecule has 0 saturated heterocycles. The number of ether oxygens (including phenoxy) is 1. The highest BCUT2D eigenvalue weighted by molar-refractivity contribution is 9.10. The highest BCUT2D eigenvalue weighted by atomic mass is 79.9. The molecule has 4 atom stereocenters. The van der Waals surface area contributed by atoms with E-state index in [0.29, 0.717) is 22.5 Å². The summed E-state index contributed by atoms with van der Waals surface area (Å²) >= 11 is 4.68. The number of esters is 1. The first-order valence-corrected chi connectivity index (χ1v) is 12.2. The Kier molecular flexibility index (Phi) is 6.48. The summed E-state index contributed by atoms with van der Waals surface area (Å²) in [6.07, 6.45) is 3.23. The number of rotatable bonds is 7. The third-order valence-electron chi connectivity index (χ3n) is 6.33. The molecule has 164 valence electrons. The van der Waals surface area contributed by atoms with Crippen LogP contribution >= 0.6 is 27.3 Å². The topological polar surface area (TPSA) is 92.7 Å². The molecule has 2 N–H and O–H groups in total. The van der Waals surface area contributed by atoms with Crippen LogP contribution in [0, 0.1) is 23.7 Å². The van der Waals surface area contributed by atoms with Crippen molar-refractivity contribution in [1.82, 2.24) is 0 Å². The second-order valence-electron chi connectivity index (χ2n) is 8.21. The monoisotopic (exact) mass is 505 g/mol. The predicted molar refractivity (Wildman–Crippen MR) is 122 cm³/mol. The number of aliphatic carboxylic acids is 1. The Labute approximate surface area is 193 Å². The lowest BCUT2D eigenvalue weighted by atomic mass is 9.79. The third kappa shape index (κ3) is 4.28. The summed E-state index contributed by atoms with van der Waals surface area (Å²) in [5.41, 5.74) is 1.85. The molecular formula is C23H24BrNO5S. The van der Waals surface area contributed by atoms with E-state index in [2.05, 4.69) is 21.2 Å². The summed E-state index contributed by atoms with van der Waals surface area (Å²) < 4.78 is 6.31. The molecule has 2 fully saturated rings. The summed E-state index contributed by atoms with van der Waals surface area (Å²) in [6, 6.07) is 7.56. The molecule has 31 heavy (non-hydrogen) atoms. The van der Waals surface area contributed by atoms with E-state index in [0.717, 1.165) is 29.3 Å². The van der Waals surface area contributed by atoms with Crippen molar-refractivity contribution < 1.29 is 24.2 Å². The molecule has 0 radical (unpaired) electrons. The van der Waals surface area contributed by atoms with Crippen LogP contribution in [-0.2, 0) is 14.3 Å². The number of amides is 1. The zero-order valence-corrected chi connectivity index (χ0v) is 19.5. The number of carbonyl (C=O) groups is 3. The van der Waals surface area contributed by atoms with E-state index in [1.807, 2.05) is 36.6 Å². The Morgan fingerprint density at radius 2 is 1.84 bits per heavy atom. The third-order valence-corrected chi connectivity index (χ3v) is 7.75. The van der Waals surface area contributed by atoms with Gasteiger partial charge in [0.2, 0.25) is 5.91 Å². The first-order chi connectivity index (χ1) is 14.9. The number of carbonyl (C=O) groups excluding carboxylic acids is 2. The molecule has 6 nitrogen and oxygen atoms in total. The Morgan fingerprint density at radius 1 is 1.16 bits per heavy atom. The maximum absolute atomic E-state index is 13.2. The fourth-order valence-electron chi connectivity index (χ4n) is 4.98.